The molecule has 3 aromatic carbocycles. The lowest BCUT2D eigenvalue weighted by Gasteiger charge is -2.19. The Balaban J connectivity index is 1.58. The number of aliphatic hydroxyl groups excluding tert-OH is 1. The molecule has 1 aromatic heterocycles. The van der Waals surface area contributed by atoms with Gasteiger partial charge in [-0.05, 0) is 59.9 Å². The fourth-order valence-electron chi connectivity index (χ4n) is 4.17. The molecule has 0 aliphatic carbocycles. The van der Waals surface area contributed by atoms with E-state index in [1.165, 1.54) is 0 Å². The SMILES string of the molecule is CCCOc1ccc(-c2ccc(N(C)C)cc2)cc1C(=O)N[C@@H](CO)Cc1c[nH]c2ccccc12. The lowest BCUT2D eigenvalue weighted by molar-refractivity contribution is 0.0912. The number of anilines is 1. The van der Waals surface area contributed by atoms with Crippen molar-refractivity contribution < 1.29 is 14.6 Å². The summed E-state index contributed by atoms with van der Waals surface area (Å²) in [6.45, 7) is 2.39. The van der Waals surface area contributed by atoms with Crippen molar-refractivity contribution in [3.63, 3.8) is 0 Å². The highest BCUT2D eigenvalue weighted by atomic mass is 16.5. The molecule has 0 saturated heterocycles. The number of hydrogen-bond acceptors (Lipinski definition) is 4. The number of para-hydroxylation sites is 1. The molecule has 0 unspecified atom stereocenters. The fourth-order valence-corrected chi connectivity index (χ4v) is 4.17. The Morgan fingerprint density at radius 2 is 1.80 bits per heavy atom. The van der Waals surface area contributed by atoms with Gasteiger partial charge in [0.05, 0.1) is 24.8 Å². The Morgan fingerprint density at radius 1 is 1.06 bits per heavy atom. The van der Waals surface area contributed by atoms with Crippen LogP contribution in [0.3, 0.4) is 0 Å². The van der Waals surface area contributed by atoms with Gasteiger partial charge in [-0.25, -0.2) is 0 Å². The number of aromatic nitrogens is 1. The van der Waals surface area contributed by atoms with Crippen LogP contribution in [0.15, 0.2) is 72.9 Å². The molecule has 0 spiro atoms. The van der Waals surface area contributed by atoms with Gasteiger partial charge in [-0.2, -0.15) is 0 Å². The van der Waals surface area contributed by atoms with Crippen molar-refractivity contribution in [1.82, 2.24) is 10.3 Å². The lowest BCUT2D eigenvalue weighted by atomic mass is 10.0. The maximum absolute atomic E-state index is 13.4. The summed E-state index contributed by atoms with van der Waals surface area (Å²) < 4.78 is 5.89. The summed E-state index contributed by atoms with van der Waals surface area (Å²) in [6, 6.07) is 21.5. The Morgan fingerprint density at radius 3 is 2.51 bits per heavy atom. The van der Waals surface area contributed by atoms with Gasteiger partial charge in [0.2, 0.25) is 0 Å². The second kappa shape index (κ2) is 11.1. The molecular formula is C29H33N3O3. The van der Waals surface area contributed by atoms with E-state index < -0.39 is 6.04 Å². The number of ether oxygens (including phenoxy) is 1. The number of fused-ring (bicyclic) bond motifs is 1. The third kappa shape index (κ3) is 5.66. The number of rotatable bonds is 10. The predicted molar refractivity (Wildman–Crippen MR) is 142 cm³/mol. The number of nitrogens with one attached hydrogen (secondary N) is 2. The normalized spacial score (nSPS) is 11.9. The molecule has 0 fully saturated rings. The second-order valence-corrected chi connectivity index (χ2v) is 8.92. The van der Waals surface area contributed by atoms with E-state index in [9.17, 15) is 9.90 Å². The van der Waals surface area contributed by atoms with Crippen LogP contribution in [0.4, 0.5) is 5.69 Å². The molecule has 4 rings (SSSR count). The third-order valence-corrected chi connectivity index (χ3v) is 6.10. The number of carbonyl (C=O) groups is 1. The van der Waals surface area contributed by atoms with Gasteiger partial charge in [0, 0.05) is 36.9 Å². The number of hydrogen-bond donors (Lipinski definition) is 3. The summed E-state index contributed by atoms with van der Waals surface area (Å²) in [5.74, 6) is 0.281. The standard InChI is InChI=1S/C29H33N3O3/c1-4-15-35-28-14-11-21(20-9-12-24(13-10-20)32(2)3)17-26(28)29(34)31-23(19-33)16-22-18-30-27-8-6-5-7-25(22)27/h5-14,17-18,23,30,33H,4,15-16,19H2,1-3H3,(H,31,34)/t23-/m1/s1. The summed E-state index contributed by atoms with van der Waals surface area (Å²) in [5, 5.41) is 14.2. The van der Waals surface area contributed by atoms with Crippen molar-refractivity contribution in [2.75, 3.05) is 32.2 Å². The minimum absolute atomic E-state index is 0.165. The van der Waals surface area contributed by atoms with Crippen molar-refractivity contribution in [2.45, 2.75) is 25.8 Å². The molecule has 0 aliphatic rings. The van der Waals surface area contributed by atoms with Crippen LogP contribution >= 0.6 is 0 Å². The Bertz CT molecular complexity index is 1280. The first-order chi connectivity index (χ1) is 17.0. The first-order valence-electron chi connectivity index (χ1n) is 12.0. The van der Waals surface area contributed by atoms with Crippen LogP contribution in [-0.4, -0.2) is 49.3 Å². The third-order valence-electron chi connectivity index (χ3n) is 6.10. The van der Waals surface area contributed by atoms with Crippen molar-refractivity contribution in [1.29, 1.82) is 0 Å². The lowest BCUT2D eigenvalue weighted by Crippen LogP contribution is -2.39. The topological polar surface area (TPSA) is 77.6 Å². The Kier molecular flexibility index (Phi) is 7.73. The number of benzene rings is 3. The van der Waals surface area contributed by atoms with Crippen molar-refractivity contribution in [3.8, 4) is 16.9 Å². The minimum atomic E-state index is -0.427. The number of aromatic amines is 1. The molecule has 1 atom stereocenters. The van der Waals surface area contributed by atoms with Crippen LogP contribution in [0, 0.1) is 0 Å². The molecule has 182 valence electrons. The molecule has 0 bridgehead atoms. The molecule has 4 aromatic rings. The van der Waals surface area contributed by atoms with Gasteiger partial charge in [0.1, 0.15) is 5.75 Å². The smallest absolute Gasteiger partial charge is 0.255 e. The van der Waals surface area contributed by atoms with E-state index in [4.69, 9.17) is 4.74 Å². The molecule has 6 heteroatoms. The van der Waals surface area contributed by atoms with Crippen molar-refractivity contribution >= 4 is 22.5 Å². The highest BCUT2D eigenvalue weighted by Crippen LogP contribution is 2.29. The van der Waals surface area contributed by atoms with E-state index in [-0.39, 0.29) is 12.5 Å². The van der Waals surface area contributed by atoms with Gasteiger partial charge in [0.15, 0.2) is 0 Å². The number of nitrogens with zero attached hydrogens (tertiary/aromatic N) is 1. The van der Waals surface area contributed by atoms with Gasteiger partial charge < -0.3 is 25.0 Å². The van der Waals surface area contributed by atoms with E-state index in [1.807, 2.05) is 86.7 Å². The van der Waals surface area contributed by atoms with Crippen LogP contribution in [0.1, 0.15) is 29.3 Å². The van der Waals surface area contributed by atoms with E-state index in [2.05, 4.69) is 22.4 Å². The summed E-state index contributed by atoms with van der Waals surface area (Å²) in [4.78, 5) is 18.7. The zero-order valence-electron chi connectivity index (χ0n) is 20.5. The molecule has 0 saturated carbocycles. The van der Waals surface area contributed by atoms with Crippen molar-refractivity contribution in [3.05, 3.63) is 84.1 Å². The molecule has 35 heavy (non-hydrogen) atoms. The van der Waals surface area contributed by atoms with Gasteiger partial charge >= 0.3 is 0 Å². The number of amides is 1. The first kappa shape index (κ1) is 24.4. The molecule has 0 radical (unpaired) electrons. The van der Waals surface area contributed by atoms with E-state index in [0.29, 0.717) is 24.3 Å². The number of H-pyrrole nitrogens is 1. The molecular weight excluding hydrogens is 438 g/mol. The van der Waals surface area contributed by atoms with Crippen LogP contribution in [0.2, 0.25) is 0 Å². The van der Waals surface area contributed by atoms with Crippen LogP contribution in [0.25, 0.3) is 22.0 Å². The summed E-state index contributed by atoms with van der Waals surface area (Å²) in [7, 11) is 4.01. The molecule has 1 amide bonds. The minimum Gasteiger partial charge on any atom is -0.493 e. The van der Waals surface area contributed by atoms with Gasteiger partial charge in [-0.1, -0.05) is 43.3 Å². The molecule has 0 aliphatic heterocycles. The average Bonchev–Trinajstić information content (AvgIpc) is 3.29. The van der Waals surface area contributed by atoms with Gasteiger partial charge in [-0.3, -0.25) is 4.79 Å². The van der Waals surface area contributed by atoms with Gasteiger partial charge in [-0.15, -0.1) is 0 Å². The number of aliphatic hydroxyl groups is 1. The summed E-state index contributed by atoms with van der Waals surface area (Å²) in [5.41, 5.74) is 5.61. The van der Waals surface area contributed by atoms with Crippen LogP contribution in [-0.2, 0) is 6.42 Å². The van der Waals surface area contributed by atoms with E-state index in [1.54, 1.807) is 0 Å². The zero-order chi connectivity index (χ0) is 24.8. The predicted octanol–water partition coefficient (Wildman–Crippen LogP) is 5.02. The van der Waals surface area contributed by atoms with E-state index >= 15 is 0 Å². The second-order valence-electron chi connectivity index (χ2n) is 8.92. The highest BCUT2D eigenvalue weighted by Gasteiger charge is 2.19. The summed E-state index contributed by atoms with van der Waals surface area (Å²) in [6.07, 6.45) is 3.30. The zero-order valence-corrected chi connectivity index (χ0v) is 20.5. The van der Waals surface area contributed by atoms with E-state index in [0.717, 1.165) is 39.7 Å². The Labute approximate surface area is 206 Å². The first-order valence-corrected chi connectivity index (χ1v) is 12.0. The molecule has 1 heterocycles. The highest BCUT2D eigenvalue weighted by molar-refractivity contribution is 5.98. The van der Waals surface area contributed by atoms with Crippen molar-refractivity contribution in [2.24, 2.45) is 0 Å². The van der Waals surface area contributed by atoms with Crippen LogP contribution in [0.5, 0.6) is 5.75 Å². The average molecular weight is 472 g/mol. The monoisotopic (exact) mass is 471 g/mol. The summed E-state index contributed by atoms with van der Waals surface area (Å²) >= 11 is 0. The van der Waals surface area contributed by atoms with Crippen LogP contribution < -0.4 is 15.0 Å². The Hall–Kier alpha value is -3.77. The largest absolute Gasteiger partial charge is 0.493 e. The maximum Gasteiger partial charge on any atom is 0.255 e. The number of carbonyl (C=O) groups excluding carboxylic acids is 1. The fraction of sp³-hybridized carbons (Fsp3) is 0.276. The van der Waals surface area contributed by atoms with Gasteiger partial charge in [0.25, 0.3) is 5.91 Å². The quantitative estimate of drug-likeness (QED) is 0.303. The maximum atomic E-state index is 13.4. The molecule has 3 N–H and O–H groups in total. The molecule has 6 nitrogen and oxygen atoms in total.